The molecular formula is C11H22N. The average molecular weight is 168 g/mol. The Morgan fingerprint density at radius 3 is 2.83 bits per heavy atom. The predicted octanol–water partition coefficient (Wildman–Crippen LogP) is 2.72. The molecule has 0 N–H and O–H groups in total. The van der Waals surface area contributed by atoms with Crippen LogP contribution in [0, 0.1) is 12.3 Å². The van der Waals surface area contributed by atoms with Gasteiger partial charge in [-0.05, 0) is 52.2 Å². The van der Waals surface area contributed by atoms with Gasteiger partial charge in [-0.25, -0.2) is 0 Å². The van der Waals surface area contributed by atoms with Crippen molar-refractivity contribution in [3.05, 3.63) is 6.42 Å². The van der Waals surface area contributed by atoms with Gasteiger partial charge >= 0.3 is 0 Å². The molecule has 1 nitrogen and oxygen atoms in total. The van der Waals surface area contributed by atoms with Crippen LogP contribution in [0.25, 0.3) is 0 Å². The summed E-state index contributed by atoms with van der Waals surface area (Å²) in [6.45, 7) is 1.26. The van der Waals surface area contributed by atoms with Crippen LogP contribution in [0.1, 0.15) is 38.5 Å². The van der Waals surface area contributed by atoms with E-state index in [1.54, 1.807) is 0 Å². The lowest BCUT2D eigenvalue weighted by Crippen LogP contribution is -2.15. The molecule has 0 bridgehead atoms. The van der Waals surface area contributed by atoms with Gasteiger partial charge in [-0.15, -0.1) is 0 Å². The largest absolute Gasteiger partial charge is 0.309 e. The zero-order valence-electron chi connectivity index (χ0n) is 8.55. The first-order valence-corrected chi connectivity index (χ1v) is 5.25. The van der Waals surface area contributed by atoms with Crippen molar-refractivity contribution in [3.8, 4) is 0 Å². The molecule has 12 heavy (non-hydrogen) atoms. The van der Waals surface area contributed by atoms with E-state index in [-0.39, 0.29) is 0 Å². The standard InChI is InChI=1S/C11H22N/c1-12(2)10-6-9-11-7-4-3-5-8-11/h4,11H,3,5-10H2,1-2H3. The summed E-state index contributed by atoms with van der Waals surface area (Å²) in [5.74, 6) is 1.01. The molecule has 1 aliphatic carbocycles. The lowest BCUT2D eigenvalue weighted by molar-refractivity contribution is 0.335. The molecule has 1 aliphatic rings. The first-order chi connectivity index (χ1) is 5.79. The summed E-state index contributed by atoms with van der Waals surface area (Å²) >= 11 is 0. The van der Waals surface area contributed by atoms with Gasteiger partial charge < -0.3 is 4.90 Å². The minimum atomic E-state index is 1.01. The van der Waals surface area contributed by atoms with Crippen molar-refractivity contribution in [1.29, 1.82) is 0 Å². The third-order valence-electron chi connectivity index (χ3n) is 2.74. The van der Waals surface area contributed by atoms with Crippen LogP contribution in [0.15, 0.2) is 0 Å². The van der Waals surface area contributed by atoms with E-state index in [1.165, 1.54) is 45.1 Å². The first-order valence-electron chi connectivity index (χ1n) is 5.25. The van der Waals surface area contributed by atoms with Crippen LogP contribution in [0.2, 0.25) is 0 Å². The second kappa shape index (κ2) is 5.58. The highest BCUT2D eigenvalue weighted by Crippen LogP contribution is 2.26. The van der Waals surface area contributed by atoms with Crippen molar-refractivity contribution in [2.75, 3.05) is 20.6 Å². The lowest BCUT2D eigenvalue weighted by atomic mass is 9.86. The topological polar surface area (TPSA) is 3.24 Å². The number of hydrogen-bond acceptors (Lipinski definition) is 1. The van der Waals surface area contributed by atoms with Gasteiger partial charge in [0.1, 0.15) is 0 Å². The highest BCUT2D eigenvalue weighted by Gasteiger charge is 2.12. The Morgan fingerprint density at radius 2 is 2.25 bits per heavy atom. The minimum absolute atomic E-state index is 1.01. The van der Waals surface area contributed by atoms with E-state index in [1.807, 2.05) is 0 Å². The van der Waals surface area contributed by atoms with Crippen molar-refractivity contribution in [2.45, 2.75) is 38.5 Å². The third-order valence-corrected chi connectivity index (χ3v) is 2.74. The highest BCUT2D eigenvalue weighted by atomic mass is 15.0. The molecule has 0 aliphatic heterocycles. The van der Waals surface area contributed by atoms with Crippen LogP contribution < -0.4 is 0 Å². The SMILES string of the molecule is CN(C)CCCC1C[CH]CCC1. The molecule has 0 aromatic carbocycles. The van der Waals surface area contributed by atoms with E-state index in [0.717, 1.165) is 5.92 Å². The normalized spacial score (nSPS) is 20.2. The van der Waals surface area contributed by atoms with Crippen LogP contribution in [-0.2, 0) is 0 Å². The smallest absolute Gasteiger partial charge is 0.00247 e. The summed E-state index contributed by atoms with van der Waals surface area (Å²) in [5, 5.41) is 0. The van der Waals surface area contributed by atoms with Crippen LogP contribution in [-0.4, -0.2) is 25.5 Å². The van der Waals surface area contributed by atoms with Crippen molar-refractivity contribution in [2.24, 2.45) is 5.92 Å². The molecule has 0 amide bonds. The summed E-state index contributed by atoms with van der Waals surface area (Å²) in [6, 6.07) is 0. The summed E-state index contributed by atoms with van der Waals surface area (Å²) in [6.07, 6.45) is 11.0. The first kappa shape index (κ1) is 10.0. The molecule has 71 valence electrons. The Balaban J connectivity index is 1.98. The van der Waals surface area contributed by atoms with Crippen molar-refractivity contribution in [1.82, 2.24) is 4.90 Å². The van der Waals surface area contributed by atoms with Crippen LogP contribution in [0.5, 0.6) is 0 Å². The van der Waals surface area contributed by atoms with Gasteiger partial charge in [-0.3, -0.25) is 0 Å². The third kappa shape index (κ3) is 4.10. The zero-order chi connectivity index (χ0) is 8.81. The molecule has 1 fully saturated rings. The molecule has 1 atom stereocenters. The molecule has 0 spiro atoms. The minimum Gasteiger partial charge on any atom is -0.309 e. The van der Waals surface area contributed by atoms with Gasteiger partial charge in [0.25, 0.3) is 0 Å². The molecule has 0 aromatic heterocycles. The zero-order valence-corrected chi connectivity index (χ0v) is 8.55. The molecule has 1 heteroatoms. The van der Waals surface area contributed by atoms with Crippen LogP contribution in [0.3, 0.4) is 0 Å². The lowest BCUT2D eigenvalue weighted by Gasteiger charge is -2.21. The summed E-state index contributed by atoms with van der Waals surface area (Å²) in [4.78, 5) is 2.28. The Morgan fingerprint density at radius 1 is 1.42 bits per heavy atom. The fraction of sp³-hybridized carbons (Fsp3) is 0.909. The number of nitrogens with zero attached hydrogens (tertiary/aromatic N) is 1. The molecule has 0 saturated heterocycles. The number of hydrogen-bond donors (Lipinski definition) is 0. The van der Waals surface area contributed by atoms with Gasteiger partial charge in [-0.1, -0.05) is 19.3 Å². The quantitative estimate of drug-likeness (QED) is 0.624. The van der Waals surface area contributed by atoms with E-state index in [4.69, 9.17) is 0 Å². The fourth-order valence-corrected chi connectivity index (χ4v) is 1.98. The molecule has 1 unspecified atom stereocenters. The summed E-state index contributed by atoms with van der Waals surface area (Å²) < 4.78 is 0. The van der Waals surface area contributed by atoms with Crippen molar-refractivity contribution < 1.29 is 0 Å². The maximum absolute atomic E-state index is 2.48. The maximum Gasteiger partial charge on any atom is -0.00247 e. The van der Waals surface area contributed by atoms with E-state index < -0.39 is 0 Å². The van der Waals surface area contributed by atoms with E-state index in [9.17, 15) is 0 Å². The fourth-order valence-electron chi connectivity index (χ4n) is 1.98. The Kier molecular flexibility index (Phi) is 4.67. The number of rotatable bonds is 4. The van der Waals surface area contributed by atoms with Crippen LogP contribution >= 0.6 is 0 Å². The molecule has 0 aromatic rings. The van der Waals surface area contributed by atoms with Gasteiger partial charge in [0.05, 0.1) is 0 Å². The molecular weight excluding hydrogens is 146 g/mol. The van der Waals surface area contributed by atoms with Gasteiger partial charge in [0, 0.05) is 0 Å². The Hall–Kier alpha value is -0.0400. The molecule has 1 saturated carbocycles. The van der Waals surface area contributed by atoms with E-state index in [0.29, 0.717) is 0 Å². The van der Waals surface area contributed by atoms with E-state index >= 15 is 0 Å². The van der Waals surface area contributed by atoms with E-state index in [2.05, 4.69) is 25.4 Å². The Labute approximate surface area is 77.1 Å². The molecule has 0 heterocycles. The van der Waals surface area contributed by atoms with Crippen LogP contribution in [0.4, 0.5) is 0 Å². The monoisotopic (exact) mass is 168 g/mol. The average Bonchev–Trinajstić information content (AvgIpc) is 2.05. The Bertz CT molecular complexity index is 104. The predicted molar refractivity (Wildman–Crippen MR) is 54.0 cm³/mol. The second-order valence-corrected chi connectivity index (χ2v) is 4.27. The summed E-state index contributed by atoms with van der Waals surface area (Å²) in [7, 11) is 4.32. The van der Waals surface area contributed by atoms with Gasteiger partial charge in [0.2, 0.25) is 0 Å². The maximum atomic E-state index is 2.48. The van der Waals surface area contributed by atoms with Crippen molar-refractivity contribution >= 4 is 0 Å². The highest BCUT2D eigenvalue weighted by molar-refractivity contribution is 4.77. The molecule has 1 radical (unpaired) electrons. The molecule has 1 rings (SSSR count). The van der Waals surface area contributed by atoms with Crippen molar-refractivity contribution in [3.63, 3.8) is 0 Å². The van der Waals surface area contributed by atoms with Gasteiger partial charge in [0.15, 0.2) is 0 Å². The summed E-state index contributed by atoms with van der Waals surface area (Å²) in [5.41, 5.74) is 0. The van der Waals surface area contributed by atoms with Gasteiger partial charge in [-0.2, -0.15) is 0 Å². The second-order valence-electron chi connectivity index (χ2n) is 4.27.